The third-order valence-corrected chi connectivity index (χ3v) is 4.31. The van der Waals surface area contributed by atoms with Crippen LogP contribution in [0.4, 0.5) is 5.69 Å². The molecule has 0 aliphatic heterocycles. The predicted octanol–water partition coefficient (Wildman–Crippen LogP) is 3.03. The molecule has 1 heterocycles. The first-order valence-electron chi connectivity index (χ1n) is 7.79. The number of anilines is 1. The van der Waals surface area contributed by atoms with Gasteiger partial charge in [0.15, 0.2) is 0 Å². The van der Waals surface area contributed by atoms with E-state index >= 15 is 0 Å². The van der Waals surface area contributed by atoms with Gasteiger partial charge >= 0.3 is 0 Å². The first-order valence-corrected chi connectivity index (χ1v) is 8.59. The van der Waals surface area contributed by atoms with Crippen molar-refractivity contribution in [2.24, 2.45) is 5.92 Å². The summed E-state index contributed by atoms with van der Waals surface area (Å²) >= 11 is 3.37. The molecule has 1 N–H and O–H groups in total. The van der Waals surface area contributed by atoms with Crippen molar-refractivity contribution in [3.05, 3.63) is 21.0 Å². The number of hydrogen-bond donors (Lipinski definition) is 1. The molecule has 0 bridgehead atoms. The summed E-state index contributed by atoms with van der Waals surface area (Å²) < 4.78 is 7.65. The number of nitrogens with zero attached hydrogens (tertiary/aromatic N) is 2. The third-order valence-electron chi connectivity index (χ3n) is 3.54. The Morgan fingerprint density at radius 1 is 1.48 bits per heavy atom. The lowest BCUT2D eigenvalue weighted by molar-refractivity contribution is 0.124. The molecule has 1 saturated carbocycles. The number of nitrogens with one attached hydrogen (secondary N) is 1. The smallest absolute Gasteiger partial charge is 0.283 e. The van der Waals surface area contributed by atoms with Crippen LogP contribution in [0.5, 0.6) is 0 Å². The van der Waals surface area contributed by atoms with Gasteiger partial charge in [-0.1, -0.05) is 13.3 Å². The molecule has 1 aromatic heterocycles. The van der Waals surface area contributed by atoms with Gasteiger partial charge < -0.3 is 10.1 Å². The molecule has 0 saturated heterocycles. The maximum absolute atomic E-state index is 12.1. The predicted molar refractivity (Wildman–Crippen MR) is 87.8 cm³/mol. The summed E-state index contributed by atoms with van der Waals surface area (Å²) in [4.78, 5) is 12.1. The summed E-state index contributed by atoms with van der Waals surface area (Å²) in [6, 6.07) is 0. The van der Waals surface area contributed by atoms with Crippen molar-refractivity contribution in [2.45, 2.75) is 45.6 Å². The van der Waals surface area contributed by atoms with Gasteiger partial charge in [-0.05, 0) is 47.5 Å². The maximum Gasteiger partial charge on any atom is 0.283 e. The van der Waals surface area contributed by atoms with Crippen LogP contribution in [0.3, 0.4) is 0 Å². The molecule has 0 radical (unpaired) electrons. The minimum absolute atomic E-state index is 0.0709. The average Bonchev–Trinajstić information content (AvgIpc) is 3.30. The van der Waals surface area contributed by atoms with Gasteiger partial charge in [-0.15, -0.1) is 0 Å². The molecule has 118 valence electrons. The zero-order valence-electron chi connectivity index (χ0n) is 12.6. The molecule has 0 spiro atoms. The summed E-state index contributed by atoms with van der Waals surface area (Å²) in [5, 5.41) is 7.44. The van der Waals surface area contributed by atoms with E-state index in [1.807, 2.05) is 0 Å². The molecule has 1 fully saturated rings. The normalized spacial score (nSPS) is 14.4. The monoisotopic (exact) mass is 357 g/mol. The lowest BCUT2D eigenvalue weighted by Gasteiger charge is -2.10. The van der Waals surface area contributed by atoms with Crippen molar-refractivity contribution in [1.82, 2.24) is 9.78 Å². The molecular weight excluding hydrogens is 334 g/mol. The van der Waals surface area contributed by atoms with Gasteiger partial charge in [-0.25, -0.2) is 4.68 Å². The first-order chi connectivity index (χ1) is 10.2. The molecule has 1 aliphatic carbocycles. The Kier molecular flexibility index (Phi) is 6.70. The highest BCUT2D eigenvalue weighted by Gasteiger charge is 2.20. The van der Waals surface area contributed by atoms with E-state index in [2.05, 4.69) is 33.3 Å². The van der Waals surface area contributed by atoms with Gasteiger partial charge in [-0.3, -0.25) is 4.79 Å². The van der Waals surface area contributed by atoms with Gasteiger partial charge in [0.25, 0.3) is 5.56 Å². The standard InChI is InChI=1S/C15H24BrN3O2/c1-2-3-8-19-15(20)14(16)13(10-18-19)17-7-4-9-21-11-12-5-6-12/h10,12,17H,2-9,11H2,1H3. The van der Waals surface area contributed by atoms with Gasteiger partial charge in [0, 0.05) is 26.3 Å². The fraction of sp³-hybridized carbons (Fsp3) is 0.733. The topological polar surface area (TPSA) is 56.1 Å². The SMILES string of the molecule is CCCCn1ncc(NCCCOCC2CC2)c(Br)c1=O. The number of ether oxygens (including phenoxy) is 1. The quantitative estimate of drug-likeness (QED) is 0.654. The molecule has 0 atom stereocenters. The van der Waals surface area contributed by atoms with E-state index in [-0.39, 0.29) is 5.56 Å². The summed E-state index contributed by atoms with van der Waals surface area (Å²) in [5.74, 6) is 0.812. The summed E-state index contributed by atoms with van der Waals surface area (Å²) in [5.41, 5.74) is 0.688. The second-order valence-electron chi connectivity index (χ2n) is 5.55. The van der Waals surface area contributed by atoms with Gasteiger partial charge in [-0.2, -0.15) is 5.10 Å². The molecule has 1 aromatic rings. The number of aryl methyl sites for hydroxylation is 1. The van der Waals surface area contributed by atoms with Crippen LogP contribution < -0.4 is 10.9 Å². The fourth-order valence-electron chi connectivity index (χ4n) is 1.99. The van der Waals surface area contributed by atoms with Crippen molar-refractivity contribution < 1.29 is 4.74 Å². The van der Waals surface area contributed by atoms with Crippen LogP contribution in [0.25, 0.3) is 0 Å². The van der Waals surface area contributed by atoms with Crippen molar-refractivity contribution >= 4 is 21.6 Å². The maximum atomic E-state index is 12.1. The van der Waals surface area contributed by atoms with E-state index in [1.54, 1.807) is 6.20 Å². The molecule has 0 unspecified atom stereocenters. The Bertz CT molecular complexity index is 500. The average molecular weight is 358 g/mol. The lowest BCUT2D eigenvalue weighted by atomic mass is 10.3. The molecular formula is C15H24BrN3O2. The molecule has 0 aromatic carbocycles. The second kappa shape index (κ2) is 8.54. The summed E-state index contributed by atoms with van der Waals surface area (Å²) in [6.45, 7) is 5.22. The van der Waals surface area contributed by atoms with Gasteiger partial charge in [0.2, 0.25) is 0 Å². The van der Waals surface area contributed by atoms with Crippen LogP contribution in [0.1, 0.15) is 39.0 Å². The molecule has 6 heteroatoms. The largest absolute Gasteiger partial charge is 0.383 e. The van der Waals surface area contributed by atoms with Crippen LogP contribution in [0, 0.1) is 5.92 Å². The Morgan fingerprint density at radius 2 is 2.29 bits per heavy atom. The molecule has 0 amide bonds. The molecule has 1 aliphatic rings. The van der Waals surface area contributed by atoms with Crippen molar-refractivity contribution in [2.75, 3.05) is 25.1 Å². The van der Waals surface area contributed by atoms with E-state index in [1.165, 1.54) is 17.5 Å². The lowest BCUT2D eigenvalue weighted by Crippen LogP contribution is -2.24. The highest BCUT2D eigenvalue weighted by molar-refractivity contribution is 9.10. The Hall–Kier alpha value is -0.880. The number of halogens is 1. The van der Waals surface area contributed by atoms with Crippen LogP contribution in [-0.4, -0.2) is 29.5 Å². The summed E-state index contributed by atoms with van der Waals surface area (Å²) in [6.07, 6.45) is 7.30. The van der Waals surface area contributed by atoms with E-state index in [0.717, 1.165) is 50.6 Å². The van der Waals surface area contributed by atoms with Crippen molar-refractivity contribution in [1.29, 1.82) is 0 Å². The van der Waals surface area contributed by atoms with E-state index in [9.17, 15) is 4.79 Å². The van der Waals surface area contributed by atoms with Gasteiger partial charge in [0.05, 0.1) is 11.9 Å². The Balaban J connectivity index is 1.74. The highest BCUT2D eigenvalue weighted by Crippen LogP contribution is 2.28. The number of unbranched alkanes of at least 4 members (excludes halogenated alkanes) is 1. The number of aromatic nitrogens is 2. The van der Waals surface area contributed by atoms with Crippen LogP contribution in [-0.2, 0) is 11.3 Å². The minimum Gasteiger partial charge on any atom is -0.383 e. The molecule has 21 heavy (non-hydrogen) atoms. The van der Waals surface area contributed by atoms with Crippen LogP contribution in [0.2, 0.25) is 0 Å². The fourth-order valence-corrected chi connectivity index (χ4v) is 2.43. The van der Waals surface area contributed by atoms with E-state index in [0.29, 0.717) is 11.0 Å². The second-order valence-corrected chi connectivity index (χ2v) is 6.35. The van der Waals surface area contributed by atoms with Crippen molar-refractivity contribution in [3.8, 4) is 0 Å². The Labute approximate surface area is 134 Å². The zero-order valence-corrected chi connectivity index (χ0v) is 14.2. The molecule has 2 rings (SSSR count). The highest BCUT2D eigenvalue weighted by atomic mass is 79.9. The van der Waals surface area contributed by atoms with E-state index < -0.39 is 0 Å². The van der Waals surface area contributed by atoms with Crippen LogP contribution >= 0.6 is 15.9 Å². The first kappa shape index (κ1) is 16.5. The minimum atomic E-state index is -0.0709. The van der Waals surface area contributed by atoms with E-state index in [4.69, 9.17) is 4.74 Å². The molecule has 5 nitrogen and oxygen atoms in total. The number of hydrogen-bond acceptors (Lipinski definition) is 4. The third kappa shape index (κ3) is 5.43. The summed E-state index contributed by atoms with van der Waals surface area (Å²) in [7, 11) is 0. The number of rotatable bonds is 10. The van der Waals surface area contributed by atoms with Crippen molar-refractivity contribution in [3.63, 3.8) is 0 Å². The Morgan fingerprint density at radius 3 is 3.00 bits per heavy atom. The zero-order chi connectivity index (χ0) is 15.1. The van der Waals surface area contributed by atoms with Gasteiger partial charge in [0.1, 0.15) is 4.47 Å². The van der Waals surface area contributed by atoms with Crippen LogP contribution in [0.15, 0.2) is 15.5 Å².